The molecule has 0 atom stereocenters. The summed E-state index contributed by atoms with van der Waals surface area (Å²) >= 11 is 0. The highest BCUT2D eigenvalue weighted by Crippen LogP contribution is 2.28. The molecule has 0 fully saturated rings. The van der Waals surface area contributed by atoms with Gasteiger partial charge in [0.2, 0.25) is 0 Å². The van der Waals surface area contributed by atoms with E-state index in [9.17, 15) is 4.79 Å². The van der Waals surface area contributed by atoms with Crippen LogP contribution in [0.5, 0.6) is 0 Å². The minimum Gasteiger partial charge on any atom is -0.465 e. The van der Waals surface area contributed by atoms with Gasteiger partial charge in [-0.2, -0.15) is 0 Å². The number of ether oxygens (including phenoxy) is 1. The largest absolute Gasteiger partial charge is 0.465 e. The molecule has 2 aromatic rings. The van der Waals surface area contributed by atoms with Crippen molar-refractivity contribution in [3.63, 3.8) is 0 Å². The summed E-state index contributed by atoms with van der Waals surface area (Å²) in [7, 11) is 1.44. The van der Waals surface area contributed by atoms with Crippen LogP contribution in [0.3, 0.4) is 0 Å². The van der Waals surface area contributed by atoms with Crippen molar-refractivity contribution in [1.29, 1.82) is 0 Å². The van der Waals surface area contributed by atoms with Gasteiger partial charge in [-0.3, -0.25) is 0 Å². The maximum absolute atomic E-state index is 11.8. The minimum absolute atomic E-state index is 0.257. The predicted molar refractivity (Wildman–Crippen MR) is 93.7 cm³/mol. The third kappa shape index (κ3) is 3.82. The van der Waals surface area contributed by atoms with E-state index >= 15 is 0 Å². The van der Waals surface area contributed by atoms with Gasteiger partial charge in [-0.05, 0) is 60.1 Å². The summed E-state index contributed by atoms with van der Waals surface area (Å²) in [4.78, 5) is 11.8. The maximum atomic E-state index is 11.8. The summed E-state index contributed by atoms with van der Waals surface area (Å²) in [6.07, 6.45) is 8.49. The van der Waals surface area contributed by atoms with Crippen LogP contribution in [0.15, 0.2) is 42.5 Å². The highest BCUT2D eigenvalue weighted by molar-refractivity contribution is 5.90. The number of carbonyl (C=O) groups excluding carboxylic acids is 1. The van der Waals surface area contributed by atoms with Crippen LogP contribution >= 0.6 is 0 Å². The first-order chi connectivity index (χ1) is 11.3. The van der Waals surface area contributed by atoms with Crippen molar-refractivity contribution in [2.75, 3.05) is 7.11 Å². The fraction of sp³-hybridized carbons (Fsp3) is 0.381. The van der Waals surface area contributed by atoms with Crippen molar-refractivity contribution >= 4 is 5.97 Å². The van der Waals surface area contributed by atoms with Gasteiger partial charge >= 0.3 is 5.97 Å². The number of hydrogen-bond acceptors (Lipinski definition) is 2. The number of hydrogen-bond donors (Lipinski definition) is 0. The first kappa shape index (κ1) is 15.8. The van der Waals surface area contributed by atoms with Crippen molar-refractivity contribution in [2.24, 2.45) is 0 Å². The van der Waals surface area contributed by atoms with E-state index in [0.717, 1.165) is 12.8 Å². The third-order valence-corrected chi connectivity index (χ3v) is 4.68. The number of rotatable bonds is 1. The fourth-order valence-corrected chi connectivity index (χ4v) is 3.40. The fourth-order valence-electron chi connectivity index (χ4n) is 3.40. The third-order valence-electron chi connectivity index (χ3n) is 4.68. The average molecular weight is 308 g/mol. The smallest absolute Gasteiger partial charge is 0.337 e. The summed E-state index contributed by atoms with van der Waals surface area (Å²) in [6.45, 7) is 0. The number of carbonyl (C=O) groups is 1. The number of fused-ring (bicyclic) bond motifs is 4. The molecule has 0 N–H and O–H groups in total. The first-order valence-electron chi connectivity index (χ1n) is 8.58. The predicted octanol–water partition coefficient (Wildman–Crippen LogP) is 5.19. The lowest BCUT2D eigenvalue weighted by Crippen LogP contribution is -2.03. The van der Waals surface area contributed by atoms with Crippen LogP contribution in [0.2, 0.25) is 0 Å². The van der Waals surface area contributed by atoms with Crippen LogP contribution in [0.25, 0.3) is 11.1 Å². The Hall–Kier alpha value is -2.09. The van der Waals surface area contributed by atoms with Crippen LogP contribution < -0.4 is 0 Å². The molecule has 0 unspecified atom stereocenters. The molecule has 0 amide bonds. The Kier molecular flexibility index (Phi) is 5.12. The number of benzene rings is 2. The second-order valence-corrected chi connectivity index (χ2v) is 6.33. The Labute approximate surface area is 138 Å². The molecule has 0 heterocycles. The molecule has 2 bridgehead atoms. The highest BCUT2D eigenvalue weighted by Gasteiger charge is 2.12. The van der Waals surface area contributed by atoms with Gasteiger partial charge in [0, 0.05) is 0 Å². The SMILES string of the molecule is COC(=O)c1ccc2c(c1)CCCCCCCc1cccc-2c1. The standard InChI is InChI=1S/C21H24O2/c1-23-21(22)19-12-13-20-17-11-7-9-16(14-17)8-5-3-2-4-6-10-18(20)15-19/h7,9,11-15H,2-6,8,10H2,1H3. The zero-order valence-electron chi connectivity index (χ0n) is 13.8. The van der Waals surface area contributed by atoms with Crippen molar-refractivity contribution < 1.29 is 9.53 Å². The Bertz CT molecular complexity index is 688. The Morgan fingerprint density at radius 2 is 1.70 bits per heavy atom. The summed E-state index contributed by atoms with van der Waals surface area (Å²) < 4.78 is 4.87. The van der Waals surface area contributed by atoms with E-state index in [1.807, 2.05) is 12.1 Å². The highest BCUT2D eigenvalue weighted by atomic mass is 16.5. The van der Waals surface area contributed by atoms with E-state index in [1.54, 1.807) is 0 Å². The lowest BCUT2D eigenvalue weighted by molar-refractivity contribution is 0.0600. The van der Waals surface area contributed by atoms with E-state index in [2.05, 4.69) is 30.3 Å². The zero-order valence-corrected chi connectivity index (χ0v) is 13.8. The van der Waals surface area contributed by atoms with Crippen LogP contribution in [0.1, 0.15) is 53.6 Å². The van der Waals surface area contributed by atoms with Crippen molar-refractivity contribution in [3.05, 3.63) is 59.2 Å². The van der Waals surface area contributed by atoms with Gasteiger partial charge in [-0.1, -0.05) is 49.6 Å². The zero-order chi connectivity index (χ0) is 16.1. The molecular weight excluding hydrogens is 284 g/mol. The van der Waals surface area contributed by atoms with Gasteiger partial charge in [0.1, 0.15) is 0 Å². The van der Waals surface area contributed by atoms with Crippen molar-refractivity contribution in [3.8, 4) is 11.1 Å². The van der Waals surface area contributed by atoms with Crippen molar-refractivity contribution in [2.45, 2.75) is 44.9 Å². The lowest BCUT2D eigenvalue weighted by atomic mass is 9.91. The molecule has 1 aliphatic carbocycles. The van der Waals surface area contributed by atoms with Gasteiger partial charge in [-0.15, -0.1) is 0 Å². The topological polar surface area (TPSA) is 26.3 Å². The second-order valence-electron chi connectivity index (χ2n) is 6.33. The van der Waals surface area contributed by atoms with Gasteiger partial charge in [0.05, 0.1) is 12.7 Å². The molecule has 0 radical (unpaired) electrons. The molecule has 23 heavy (non-hydrogen) atoms. The molecular formula is C21H24O2. The van der Waals surface area contributed by atoms with E-state index in [1.165, 1.54) is 61.5 Å². The molecule has 2 nitrogen and oxygen atoms in total. The molecule has 120 valence electrons. The molecule has 3 rings (SSSR count). The Balaban J connectivity index is 2.03. The molecule has 2 heteroatoms. The van der Waals surface area contributed by atoms with Crippen LogP contribution in [0.4, 0.5) is 0 Å². The Morgan fingerprint density at radius 3 is 2.52 bits per heavy atom. The number of methoxy groups -OCH3 is 1. The summed E-state index contributed by atoms with van der Waals surface area (Å²) in [5, 5.41) is 0. The number of esters is 1. The Morgan fingerprint density at radius 1 is 0.913 bits per heavy atom. The van der Waals surface area contributed by atoms with E-state index in [4.69, 9.17) is 4.74 Å². The van der Waals surface area contributed by atoms with Crippen LogP contribution in [0, 0.1) is 0 Å². The van der Waals surface area contributed by atoms with Crippen LogP contribution in [-0.2, 0) is 17.6 Å². The molecule has 0 saturated heterocycles. The molecule has 1 aliphatic rings. The maximum Gasteiger partial charge on any atom is 0.337 e. The molecule has 0 aliphatic heterocycles. The van der Waals surface area contributed by atoms with E-state index < -0.39 is 0 Å². The monoisotopic (exact) mass is 308 g/mol. The second kappa shape index (κ2) is 7.45. The summed E-state index contributed by atoms with van der Waals surface area (Å²) in [5.41, 5.74) is 5.82. The van der Waals surface area contributed by atoms with Gasteiger partial charge in [0.25, 0.3) is 0 Å². The first-order valence-corrected chi connectivity index (χ1v) is 8.58. The quantitative estimate of drug-likeness (QED) is 0.678. The molecule has 0 saturated carbocycles. The number of aryl methyl sites for hydroxylation is 2. The normalized spacial score (nSPS) is 15.0. The molecule has 0 aromatic heterocycles. The lowest BCUT2D eigenvalue weighted by Gasteiger charge is -2.14. The molecule has 2 aromatic carbocycles. The van der Waals surface area contributed by atoms with Gasteiger partial charge < -0.3 is 4.74 Å². The summed E-state index contributed by atoms with van der Waals surface area (Å²) in [5.74, 6) is -0.257. The van der Waals surface area contributed by atoms with E-state index in [-0.39, 0.29) is 5.97 Å². The van der Waals surface area contributed by atoms with Crippen molar-refractivity contribution in [1.82, 2.24) is 0 Å². The average Bonchev–Trinajstić information content (AvgIpc) is 2.59. The van der Waals surface area contributed by atoms with Gasteiger partial charge in [0.15, 0.2) is 0 Å². The van der Waals surface area contributed by atoms with E-state index in [0.29, 0.717) is 5.56 Å². The van der Waals surface area contributed by atoms with Gasteiger partial charge in [-0.25, -0.2) is 4.79 Å². The summed E-state index contributed by atoms with van der Waals surface area (Å²) in [6, 6.07) is 14.8. The van der Waals surface area contributed by atoms with Crippen LogP contribution in [-0.4, -0.2) is 13.1 Å². The molecule has 0 spiro atoms. The minimum atomic E-state index is -0.257.